The van der Waals surface area contributed by atoms with Gasteiger partial charge in [0.1, 0.15) is 18.0 Å². The topological polar surface area (TPSA) is 87.3 Å². The number of fused-ring (bicyclic) bond motifs is 1. The third kappa shape index (κ3) is 5.16. The molecule has 0 unspecified atom stereocenters. The average Bonchev–Trinajstić information content (AvgIpc) is 2.65. The molecule has 3 aromatic rings. The summed E-state index contributed by atoms with van der Waals surface area (Å²) in [6.07, 6.45) is 1.30. The van der Waals surface area contributed by atoms with Crippen molar-refractivity contribution in [2.45, 2.75) is 32.8 Å². The summed E-state index contributed by atoms with van der Waals surface area (Å²) in [5.74, 6) is 0.260. The van der Waals surface area contributed by atoms with Crippen LogP contribution in [-0.2, 0) is 4.74 Å². The van der Waals surface area contributed by atoms with Crippen LogP contribution in [0.5, 0.6) is 5.75 Å². The molecule has 158 valence electrons. The SMILES string of the molecule is CC(C)C[C@@](C)(COc1ccc(-c2ccnc3cc(F)ccc23)nc1Cl)OC(N)=O. The standard InChI is InChI=1S/C22H23ClFN3O3/c1-13(2)11-22(3,30-21(25)28)12-29-19-7-6-17(27-20(19)23)16-8-9-26-18-10-14(24)4-5-15(16)18/h4-10,13H,11-12H2,1-3H3,(H2,25,28)/t22-/m0/s1. The number of benzene rings is 1. The van der Waals surface area contributed by atoms with E-state index in [1.807, 2.05) is 13.8 Å². The molecular formula is C22H23ClFN3O3. The summed E-state index contributed by atoms with van der Waals surface area (Å²) >= 11 is 6.35. The van der Waals surface area contributed by atoms with Crippen LogP contribution in [0.4, 0.5) is 9.18 Å². The highest BCUT2D eigenvalue weighted by Crippen LogP contribution is 2.32. The second-order valence-corrected chi connectivity index (χ2v) is 8.12. The summed E-state index contributed by atoms with van der Waals surface area (Å²) < 4.78 is 24.6. The van der Waals surface area contributed by atoms with Crippen LogP contribution in [0.1, 0.15) is 27.2 Å². The van der Waals surface area contributed by atoms with Crippen molar-refractivity contribution < 1.29 is 18.7 Å². The lowest BCUT2D eigenvalue weighted by Gasteiger charge is -2.30. The molecule has 1 amide bonds. The van der Waals surface area contributed by atoms with E-state index in [9.17, 15) is 9.18 Å². The van der Waals surface area contributed by atoms with E-state index in [1.165, 1.54) is 12.1 Å². The number of pyridine rings is 2. The van der Waals surface area contributed by atoms with Crippen LogP contribution < -0.4 is 10.5 Å². The molecule has 2 N–H and O–H groups in total. The molecule has 8 heteroatoms. The maximum Gasteiger partial charge on any atom is 0.405 e. The Kier molecular flexibility index (Phi) is 6.41. The second kappa shape index (κ2) is 8.83. The third-order valence-corrected chi connectivity index (χ3v) is 4.79. The Bertz CT molecular complexity index is 1080. The summed E-state index contributed by atoms with van der Waals surface area (Å²) in [6.45, 7) is 5.86. The Labute approximate surface area is 179 Å². The lowest BCUT2D eigenvalue weighted by Crippen LogP contribution is -2.41. The average molecular weight is 432 g/mol. The summed E-state index contributed by atoms with van der Waals surface area (Å²) in [7, 11) is 0. The van der Waals surface area contributed by atoms with Gasteiger partial charge >= 0.3 is 6.09 Å². The van der Waals surface area contributed by atoms with Gasteiger partial charge in [-0.3, -0.25) is 4.98 Å². The van der Waals surface area contributed by atoms with Crippen molar-refractivity contribution in [2.75, 3.05) is 6.61 Å². The minimum Gasteiger partial charge on any atom is -0.486 e. The van der Waals surface area contributed by atoms with Gasteiger partial charge in [-0.05, 0) is 49.6 Å². The normalized spacial score (nSPS) is 13.3. The third-order valence-electron chi connectivity index (χ3n) is 4.52. The first-order valence-corrected chi connectivity index (χ1v) is 9.87. The number of carbonyl (C=O) groups is 1. The summed E-state index contributed by atoms with van der Waals surface area (Å²) in [6, 6.07) is 9.65. The summed E-state index contributed by atoms with van der Waals surface area (Å²) in [5, 5.41) is 0.918. The number of aromatic nitrogens is 2. The Morgan fingerprint density at radius 3 is 2.70 bits per heavy atom. The van der Waals surface area contributed by atoms with Crippen molar-refractivity contribution in [1.82, 2.24) is 9.97 Å². The minimum absolute atomic E-state index is 0.0757. The molecule has 2 aromatic heterocycles. The van der Waals surface area contributed by atoms with Crippen molar-refractivity contribution in [2.24, 2.45) is 11.7 Å². The fourth-order valence-corrected chi connectivity index (χ4v) is 3.70. The molecule has 6 nitrogen and oxygen atoms in total. The number of primary amides is 1. The second-order valence-electron chi connectivity index (χ2n) is 7.76. The van der Waals surface area contributed by atoms with Crippen molar-refractivity contribution in [3.05, 3.63) is 53.6 Å². The Hall–Kier alpha value is -2.93. The number of nitrogens with two attached hydrogens (primary N) is 1. The van der Waals surface area contributed by atoms with Crippen molar-refractivity contribution in [3.8, 4) is 17.0 Å². The Morgan fingerprint density at radius 2 is 2.03 bits per heavy atom. The van der Waals surface area contributed by atoms with E-state index < -0.39 is 11.7 Å². The number of hydrogen-bond acceptors (Lipinski definition) is 5. The van der Waals surface area contributed by atoms with E-state index in [1.54, 1.807) is 37.4 Å². The molecule has 30 heavy (non-hydrogen) atoms. The molecular weight excluding hydrogens is 409 g/mol. The summed E-state index contributed by atoms with van der Waals surface area (Å²) in [4.78, 5) is 19.9. The molecule has 0 spiro atoms. The van der Waals surface area contributed by atoms with Crippen LogP contribution >= 0.6 is 11.6 Å². The van der Waals surface area contributed by atoms with E-state index >= 15 is 0 Å². The quantitative estimate of drug-likeness (QED) is 0.508. The number of nitrogens with zero attached hydrogens (tertiary/aromatic N) is 2. The maximum atomic E-state index is 13.5. The molecule has 2 heterocycles. The van der Waals surface area contributed by atoms with Crippen LogP contribution in [0.25, 0.3) is 22.2 Å². The highest BCUT2D eigenvalue weighted by atomic mass is 35.5. The van der Waals surface area contributed by atoms with Gasteiger partial charge in [-0.15, -0.1) is 0 Å². The number of carbonyl (C=O) groups excluding carboxylic acids is 1. The van der Waals surface area contributed by atoms with Crippen LogP contribution in [0.2, 0.25) is 5.15 Å². The first-order valence-electron chi connectivity index (χ1n) is 9.49. The van der Waals surface area contributed by atoms with E-state index in [2.05, 4.69) is 9.97 Å². The van der Waals surface area contributed by atoms with Gasteiger partial charge in [-0.2, -0.15) is 0 Å². The van der Waals surface area contributed by atoms with Gasteiger partial charge in [0, 0.05) is 23.2 Å². The van der Waals surface area contributed by atoms with Gasteiger partial charge in [0.15, 0.2) is 10.9 Å². The lowest BCUT2D eigenvalue weighted by atomic mass is 9.95. The number of halogens is 2. The fourth-order valence-electron chi connectivity index (χ4n) is 3.49. The molecule has 1 atom stereocenters. The van der Waals surface area contributed by atoms with Crippen molar-refractivity contribution in [1.29, 1.82) is 0 Å². The molecule has 3 rings (SSSR count). The van der Waals surface area contributed by atoms with E-state index in [0.717, 1.165) is 10.9 Å². The molecule has 0 saturated carbocycles. The first-order chi connectivity index (χ1) is 14.2. The van der Waals surface area contributed by atoms with E-state index in [4.69, 9.17) is 26.8 Å². The molecule has 0 aliphatic heterocycles. The van der Waals surface area contributed by atoms with Crippen LogP contribution in [0.15, 0.2) is 42.6 Å². The van der Waals surface area contributed by atoms with Gasteiger partial charge in [-0.25, -0.2) is 14.2 Å². The zero-order valence-corrected chi connectivity index (χ0v) is 17.7. The highest BCUT2D eigenvalue weighted by molar-refractivity contribution is 6.31. The van der Waals surface area contributed by atoms with Crippen LogP contribution in [0.3, 0.4) is 0 Å². The number of ether oxygens (including phenoxy) is 2. The van der Waals surface area contributed by atoms with Gasteiger partial charge in [0.05, 0.1) is 11.2 Å². The predicted molar refractivity (Wildman–Crippen MR) is 114 cm³/mol. The molecule has 0 aliphatic carbocycles. The zero-order chi connectivity index (χ0) is 21.9. The monoisotopic (exact) mass is 431 g/mol. The van der Waals surface area contributed by atoms with Crippen LogP contribution in [-0.4, -0.2) is 28.3 Å². The molecule has 0 bridgehead atoms. The molecule has 1 aromatic carbocycles. The molecule has 0 aliphatic rings. The first kappa shape index (κ1) is 21.8. The molecule has 0 fully saturated rings. The highest BCUT2D eigenvalue weighted by Gasteiger charge is 2.31. The molecule has 0 radical (unpaired) electrons. The largest absolute Gasteiger partial charge is 0.486 e. The predicted octanol–water partition coefficient (Wildman–Crippen LogP) is 5.37. The Morgan fingerprint density at radius 1 is 1.27 bits per heavy atom. The maximum absolute atomic E-state index is 13.5. The van der Waals surface area contributed by atoms with Gasteiger partial charge in [0.2, 0.25) is 0 Å². The minimum atomic E-state index is -0.895. The Balaban J connectivity index is 1.85. The van der Waals surface area contributed by atoms with Gasteiger partial charge < -0.3 is 15.2 Å². The molecule has 0 saturated heterocycles. The zero-order valence-electron chi connectivity index (χ0n) is 17.0. The fraction of sp³-hybridized carbons (Fsp3) is 0.318. The number of rotatable bonds is 7. The van der Waals surface area contributed by atoms with Crippen molar-refractivity contribution >= 4 is 28.6 Å². The lowest BCUT2D eigenvalue weighted by molar-refractivity contribution is -0.0186. The number of amides is 1. The number of hydrogen-bond donors (Lipinski definition) is 1. The van der Waals surface area contributed by atoms with E-state index in [-0.39, 0.29) is 23.5 Å². The van der Waals surface area contributed by atoms with E-state index in [0.29, 0.717) is 23.4 Å². The van der Waals surface area contributed by atoms with Gasteiger partial charge in [-0.1, -0.05) is 25.4 Å². The van der Waals surface area contributed by atoms with Crippen molar-refractivity contribution in [3.63, 3.8) is 0 Å². The smallest absolute Gasteiger partial charge is 0.405 e. The summed E-state index contributed by atoms with van der Waals surface area (Å²) in [5.41, 5.74) is 6.21. The van der Waals surface area contributed by atoms with Gasteiger partial charge in [0.25, 0.3) is 0 Å². The van der Waals surface area contributed by atoms with Crippen LogP contribution in [0, 0.1) is 11.7 Å².